The number of aromatic nitrogens is 4. The SMILES string of the molecule is c1ccc(Cn2nnnc2NCc2ccc(N3CCCC3)cc2)cc1. The maximum absolute atomic E-state index is 4.09. The van der Waals surface area contributed by atoms with Crippen LogP contribution in [0, 0.1) is 0 Å². The Morgan fingerprint density at radius 1 is 0.880 bits per heavy atom. The smallest absolute Gasteiger partial charge is 0.243 e. The Bertz CT molecular complexity index is 790. The minimum absolute atomic E-state index is 0.657. The van der Waals surface area contributed by atoms with Crippen LogP contribution in [0.5, 0.6) is 0 Å². The third kappa shape index (κ3) is 3.79. The third-order valence-corrected chi connectivity index (χ3v) is 4.57. The third-order valence-electron chi connectivity index (χ3n) is 4.57. The first-order valence-electron chi connectivity index (χ1n) is 8.76. The fourth-order valence-corrected chi connectivity index (χ4v) is 3.18. The molecule has 4 rings (SSSR count). The van der Waals surface area contributed by atoms with Gasteiger partial charge in [0, 0.05) is 25.3 Å². The molecule has 0 spiro atoms. The number of benzene rings is 2. The quantitative estimate of drug-likeness (QED) is 0.751. The van der Waals surface area contributed by atoms with E-state index >= 15 is 0 Å². The summed E-state index contributed by atoms with van der Waals surface area (Å²) in [6.07, 6.45) is 2.60. The molecule has 0 amide bonds. The van der Waals surface area contributed by atoms with E-state index in [0.29, 0.717) is 19.0 Å². The first kappa shape index (κ1) is 15.6. The van der Waals surface area contributed by atoms with Crippen molar-refractivity contribution < 1.29 is 0 Å². The van der Waals surface area contributed by atoms with Gasteiger partial charge in [-0.2, -0.15) is 0 Å². The van der Waals surface area contributed by atoms with Gasteiger partial charge in [0.2, 0.25) is 5.95 Å². The van der Waals surface area contributed by atoms with E-state index in [1.807, 2.05) is 18.2 Å². The molecule has 128 valence electrons. The molecule has 1 fully saturated rings. The summed E-state index contributed by atoms with van der Waals surface area (Å²) in [7, 11) is 0. The zero-order chi connectivity index (χ0) is 16.9. The Morgan fingerprint density at radius 3 is 2.40 bits per heavy atom. The van der Waals surface area contributed by atoms with E-state index in [1.54, 1.807) is 4.68 Å². The van der Waals surface area contributed by atoms with Crippen molar-refractivity contribution in [1.82, 2.24) is 20.2 Å². The molecule has 0 unspecified atom stereocenters. The molecule has 1 saturated heterocycles. The van der Waals surface area contributed by atoms with Crippen molar-refractivity contribution in [3.8, 4) is 0 Å². The van der Waals surface area contributed by atoms with Crippen LogP contribution in [0.1, 0.15) is 24.0 Å². The van der Waals surface area contributed by atoms with Crippen molar-refractivity contribution >= 4 is 11.6 Å². The van der Waals surface area contributed by atoms with E-state index in [4.69, 9.17) is 0 Å². The van der Waals surface area contributed by atoms with Gasteiger partial charge in [-0.05, 0) is 46.5 Å². The fourth-order valence-electron chi connectivity index (χ4n) is 3.18. The predicted octanol–water partition coefficient (Wildman–Crippen LogP) is 2.93. The Balaban J connectivity index is 1.38. The molecule has 0 saturated carbocycles. The van der Waals surface area contributed by atoms with Gasteiger partial charge in [0.05, 0.1) is 6.54 Å². The molecule has 0 aliphatic carbocycles. The molecular formula is C19H22N6. The Labute approximate surface area is 147 Å². The number of nitrogens with one attached hydrogen (secondary N) is 1. The second-order valence-corrected chi connectivity index (χ2v) is 6.36. The number of hydrogen-bond acceptors (Lipinski definition) is 5. The molecule has 6 nitrogen and oxygen atoms in total. The second kappa shape index (κ2) is 7.34. The summed E-state index contributed by atoms with van der Waals surface area (Å²) in [5.41, 5.74) is 3.71. The first-order chi connectivity index (χ1) is 12.4. The van der Waals surface area contributed by atoms with E-state index in [2.05, 4.69) is 62.1 Å². The summed E-state index contributed by atoms with van der Waals surface area (Å²) in [5, 5.41) is 15.3. The van der Waals surface area contributed by atoms with Crippen molar-refractivity contribution in [3.63, 3.8) is 0 Å². The maximum Gasteiger partial charge on any atom is 0.243 e. The van der Waals surface area contributed by atoms with Crippen LogP contribution >= 0.6 is 0 Å². The molecule has 3 aromatic rings. The number of nitrogens with zero attached hydrogens (tertiary/aromatic N) is 5. The minimum Gasteiger partial charge on any atom is -0.372 e. The van der Waals surface area contributed by atoms with E-state index < -0.39 is 0 Å². The average molecular weight is 334 g/mol. The molecule has 1 aliphatic rings. The summed E-state index contributed by atoms with van der Waals surface area (Å²) in [5.74, 6) is 0.687. The molecule has 1 N–H and O–H groups in total. The summed E-state index contributed by atoms with van der Waals surface area (Å²) >= 11 is 0. The zero-order valence-electron chi connectivity index (χ0n) is 14.2. The highest BCUT2D eigenvalue weighted by Gasteiger charge is 2.12. The van der Waals surface area contributed by atoms with Crippen molar-refractivity contribution in [3.05, 3.63) is 65.7 Å². The minimum atomic E-state index is 0.657. The molecule has 25 heavy (non-hydrogen) atoms. The van der Waals surface area contributed by atoms with Gasteiger partial charge in [0.1, 0.15) is 0 Å². The topological polar surface area (TPSA) is 58.9 Å². The molecule has 0 radical (unpaired) electrons. The molecular weight excluding hydrogens is 312 g/mol. The van der Waals surface area contributed by atoms with Gasteiger partial charge >= 0.3 is 0 Å². The lowest BCUT2D eigenvalue weighted by Gasteiger charge is -2.17. The first-order valence-corrected chi connectivity index (χ1v) is 8.76. The summed E-state index contributed by atoms with van der Waals surface area (Å²) in [6, 6.07) is 18.9. The van der Waals surface area contributed by atoms with E-state index in [0.717, 1.165) is 0 Å². The molecule has 1 aliphatic heterocycles. The highest BCUT2D eigenvalue weighted by Crippen LogP contribution is 2.20. The summed E-state index contributed by atoms with van der Waals surface area (Å²) < 4.78 is 1.79. The van der Waals surface area contributed by atoms with Gasteiger partial charge in [-0.15, -0.1) is 0 Å². The predicted molar refractivity (Wildman–Crippen MR) is 98.6 cm³/mol. The molecule has 2 aromatic carbocycles. The Kier molecular flexibility index (Phi) is 4.59. The van der Waals surface area contributed by atoms with Gasteiger partial charge in [-0.1, -0.05) is 47.6 Å². The lowest BCUT2D eigenvalue weighted by Crippen LogP contribution is -2.17. The number of tetrazole rings is 1. The normalized spacial score (nSPS) is 14.0. The average Bonchev–Trinajstić information content (AvgIpc) is 3.33. The Hall–Kier alpha value is -2.89. The summed E-state index contributed by atoms with van der Waals surface area (Å²) in [4.78, 5) is 2.44. The molecule has 2 heterocycles. The van der Waals surface area contributed by atoms with Crippen LogP contribution in [0.4, 0.5) is 11.6 Å². The molecule has 1 aromatic heterocycles. The zero-order valence-corrected chi connectivity index (χ0v) is 14.2. The lowest BCUT2D eigenvalue weighted by molar-refractivity contribution is 0.651. The van der Waals surface area contributed by atoms with Gasteiger partial charge < -0.3 is 10.2 Å². The highest BCUT2D eigenvalue weighted by molar-refractivity contribution is 5.48. The van der Waals surface area contributed by atoms with Crippen LogP contribution in [-0.2, 0) is 13.1 Å². The highest BCUT2D eigenvalue weighted by atomic mass is 15.6. The van der Waals surface area contributed by atoms with Crippen molar-refractivity contribution in [2.24, 2.45) is 0 Å². The number of hydrogen-bond donors (Lipinski definition) is 1. The summed E-state index contributed by atoms with van der Waals surface area (Å²) in [6.45, 7) is 3.71. The molecule has 0 atom stereocenters. The van der Waals surface area contributed by atoms with Crippen LogP contribution in [0.3, 0.4) is 0 Å². The molecule has 0 bridgehead atoms. The van der Waals surface area contributed by atoms with Crippen LogP contribution in [-0.4, -0.2) is 33.3 Å². The maximum atomic E-state index is 4.09. The second-order valence-electron chi connectivity index (χ2n) is 6.36. The largest absolute Gasteiger partial charge is 0.372 e. The van der Waals surface area contributed by atoms with Crippen LogP contribution in [0.15, 0.2) is 54.6 Å². The fraction of sp³-hybridized carbons (Fsp3) is 0.316. The lowest BCUT2D eigenvalue weighted by atomic mass is 10.2. The van der Waals surface area contributed by atoms with E-state index in [1.165, 1.54) is 42.7 Å². The Morgan fingerprint density at radius 2 is 1.64 bits per heavy atom. The monoisotopic (exact) mass is 334 g/mol. The van der Waals surface area contributed by atoms with Crippen LogP contribution in [0.2, 0.25) is 0 Å². The van der Waals surface area contributed by atoms with E-state index in [9.17, 15) is 0 Å². The molecule has 6 heteroatoms. The van der Waals surface area contributed by atoms with Crippen molar-refractivity contribution in [1.29, 1.82) is 0 Å². The van der Waals surface area contributed by atoms with Gasteiger partial charge in [0.15, 0.2) is 0 Å². The number of anilines is 2. The van der Waals surface area contributed by atoms with Crippen molar-refractivity contribution in [2.45, 2.75) is 25.9 Å². The van der Waals surface area contributed by atoms with Gasteiger partial charge in [-0.3, -0.25) is 0 Å². The standard InChI is InChI=1S/C19H22N6/c1-2-6-17(7-3-1)15-25-19(21-22-23-25)20-14-16-8-10-18(11-9-16)24-12-4-5-13-24/h1-3,6-11H,4-5,12-15H2,(H,20,21,23). The number of rotatable bonds is 6. The van der Waals surface area contributed by atoms with Crippen LogP contribution < -0.4 is 10.2 Å². The van der Waals surface area contributed by atoms with Crippen LogP contribution in [0.25, 0.3) is 0 Å². The van der Waals surface area contributed by atoms with Crippen molar-refractivity contribution in [2.75, 3.05) is 23.3 Å². The van der Waals surface area contributed by atoms with Gasteiger partial charge in [0.25, 0.3) is 0 Å². The van der Waals surface area contributed by atoms with Gasteiger partial charge in [-0.25, -0.2) is 4.68 Å². The van der Waals surface area contributed by atoms with E-state index in [-0.39, 0.29) is 0 Å².